The van der Waals surface area contributed by atoms with Crippen LogP contribution in [0.5, 0.6) is 0 Å². The van der Waals surface area contributed by atoms with Gasteiger partial charge in [0.15, 0.2) is 0 Å². The molecule has 0 radical (unpaired) electrons. The van der Waals surface area contributed by atoms with Crippen molar-refractivity contribution in [1.82, 2.24) is 5.32 Å². The van der Waals surface area contributed by atoms with E-state index >= 15 is 0 Å². The summed E-state index contributed by atoms with van der Waals surface area (Å²) >= 11 is 0. The lowest BCUT2D eigenvalue weighted by Gasteiger charge is -2.42. The Morgan fingerprint density at radius 2 is 2.00 bits per heavy atom. The standard InChI is InChI=1S/C14H27NO/c1-5-12(2)11-13(15-3)14(16-4)9-7-6-8-10-14/h13,15H,2,5-11H2,1,3-4H3. The zero-order chi connectivity index (χ0) is 12.0. The average Bonchev–Trinajstić information content (AvgIpc) is 2.36. The fourth-order valence-electron chi connectivity index (χ4n) is 2.83. The monoisotopic (exact) mass is 225 g/mol. The van der Waals surface area contributed by atoms with Gasteiger partial charge in [-0.1, -0.05) is 38.3 Å². The van der Waals surface area contributed by atoms with Crippen LogP contribution in [0.4, 0.5) is 0 Å². The Kier molecular flexibility index (Phi) is 5.50. The predicted octanol–water partition coefficient (Wildman–Crippen LogP) is 3.28. The van der Waals surface area contributed by atoms with E-state index in [0.717, 1.165) is 12.8 Å². The van der Waals surface area contributed by atoms with Crippen LogP contribution >= 0.6 is 0 Å². The maximum atomic E-state index is 5.87. The number of methoxy groups -OCH3 is 1. The van der Waals surface area contributed by atoms with E-state index in [0.29, 0.717) is 6.04 Å². The predicted molar refractivity (Wildman–Crippen MR) is 69.7 cm³/mol. The van der Waals surface area contributed by atoms with Gasteiger partial charge in [0.2, 0.25) is 0 Å². The van der Waals surface area contributed by atoms with Crippen LogP contribution in [0.25, 0.3) is 0 Å². The van der Waals surface area contributed by atoms with E-state index < -0.39 is 0 Å². The topological polar surface area (TPSA) is 21.3 Å². The number of likely N-dealkylation sites (N-methyl/N-ethyl adjacent to an activating group) is 1. The van der Waals surface area contributed by atoms with Crippen molar-refractivity contribution in [2.24, 2.45) is 0 Å². The Balaban J connectivity index is 2.69. The molecular formula is C14H27NO. The highest BCUT2D eigenvalue weighted by atomic mass is 16.5. The summed E-state index contributed by atoms with van der Waals surface area (Å²) in [4.78, 5) is 0. The second-order valence-electron chi connectivity index (χ2n) is 4.98. The lowest BCUT2D eigenvalue weighted by Crippen LogP contribution is -2.52. The fraction of sp³-hybridized carbons (Fsp3) is 0.857. The summed E-state index contributed by atoms with van der Waals surface area (Å²) in [6.45, 7) is 6.30. The first-order valence-corrected chi connectivity index (χ1v) is 6.57. The van der Waals surface area contributed by atoms with Gasteiger partial charge in [-0.05, 0) is 32.7 Å². The first kappa shape index (κ1) is 13.7. The number of rotatable bonds is 6. The van der Waals surface area contributed by atoms with Gasteiger partial charge in [0.1, 0.15) is 0 Å². The Morgan fingerprint density at radius 3 is 2.44 bits per heavy atom. The van der Waals surface area contributed by atoms with E-state index in [-0.39, 0.29) is 5.60 Å². The molecule has 0 amide bonds. The summed E-state index contributed by atoms with van der Waals surface area (Å²) in [6.07, 6.45) is 8.43. The Bertz CT molecular complexity index is 219. The van der Waals surface area contributed by atoms with Gasteiger partial charge in [-0.15, -0.1) is 0 Å². The number of hydrogen-bond donors (Lipinski definition) is 1. The maximum Gasteiger partial charge on any atom is 0.0834 e. The van der Waals surface area contributed by atoms with Gasteiger partial charge < -0.3 is 10.1 Å². The van der Waals surface area contributed by atoms with Crippen molar-refractivity contribution in [3.63, 3.8) is 0 Å². The Morgan fingerprint density at radius 1 is 1.38 bits per heavy atom. The van der Waals surface area contributed by atoms with Gasteiger partial charge in [0.25, 0.3) is 0 Å². The van der Waals surface area contributed by atoms with Crippen LogP contribution in [-0.4, -0.2) is 25.8 Å². The molecule has 0 aromatic carbocycles. The van der Waals surface area contributed by atoms with E-state index in [9.17, 15) is 0 Å². The molecule has 1 saturated carbocycles. The van der Waals surface area contributed by atoms with Crippen molar-refractivity contribution in [3.8, 4) is 0 Å². The first-order valence-electron chi connectivity index (χ1n) is 6.57. The normalized spacial score (nSPS) is 21.7. The van der Waals surface area contributed by atoms with E-state index in [4.69, 9.17) is 4.74 Å². The lowest BCUT2D eigenvalue weighted by molar-refractivity contribution is -0.0657. The lowest BCUT2D eigenvalue weighted by atomic mass is 9.77. The van der Waals surface area contributed by atoms with Crippen LogP contribution in [0, 0.1) is 0 Å². The summed E-state index contributed by atoms with van der Waals surface area (Å²) in [5.41, 5.74) is 1.37. The van der Waals surface area contributed by atoms with Crippen molar-refractivity contribution in [2.45, 2.75) is 63.5 Å². The van der Waals surface area contributed by atoms with Gasteiger partial charge in [-0.3, -0.25) is 0 Å². The van der Waals surface area contributed by atoms with Gasteiger partial charge in [-0.25, -0.2) is 0 Å². The average molecular weight is 225 g/mol. The van der Waals surface area contributed by atoms with Crippen molar-refractivity contribution in [1.29, 1.82) is 0 Å². The quantitative estimate of drug-likeness (QED) is 0.700. The number of nitrogens with one attached hydrogen (secondary N) is 1. The molecule has 1 aliphatic carbocycles. The molecular weight excluding hydrogens is 198 g/mol. The largest absolute Gasteiger partial charge is 0.377 e. The van der Waals surface area contributed by atoms with E-state index in [2.05, 4.69) is 18.8 Å². The molecule has 0 bridgehead atoms. The van der Waals surface area contributed by atoms with Crippen molar-refractivity contribution in [2.75, 3.05) is 14.2 Å². The summed E-state index contributed by atoms with van der Waals surface area (Å²) in [6, 6.07) is 0.422. The number of hydrogen-bond acceptors (Lipinski definition) is 2. The second-order valence-corrected chi connectivity index (χ2v) is 4.98. The molecule has 1 N–H and O–H groups in total. The van der Waals surface area contributed by atoms with Crippen LogP contribution < -0.4 is 5.32 Å². The third-order valence-corrected chi connectivity index (χ3v) is 4.08. The third kappa shape index (κ3) is 3.08. The third-order valence-electron chi connectivity index (χ3n) is 4.08. The highest BCUT2D eigenvalue weighted by Crippen LogP contribution is 2.36. The van der Waals surface area contributed by atoms with Crippen LogP contribution in [0.1, 0.15) is 51.9 Å². The second kappa shape index (κ2) is 6.41. The van der Waals surface area contributed by atoms with Gasteiger partial charge in [-0.2, -0.15) is 0 Å². The molecule has 1 fully saturated rings. The van der Waals surface area contributed by atoms with Crippen molar-refractivity contribution < 1.29 is 4.74 Å². The first-order chi connectivity index (χ1) is 7.68. The minimum absolute atomic E-state index is 0.0467. The highest BCUT2D eigenvalue weighted by Gasteiger charge is 2.39. The molecule has 16 heavy (non-hydrogen) atoms. The molecule has 1 rings (SSSR count). The van der Waals surface area contributed by atoms with E-state index in [1.165, 1.54) is 37.7 Å². The molecule has 0 saturated heterocycles. The smallest absolute Gasteiger partial charge is 0.0834 e. The van der Waals surface area contributed by atoms with Gasteiger partial charge in [0, 0.05) is 13.2 Å². The SMILES string of the molecule is C=C(CC)CC(NC)C1(OC)CCCCC1. The minimum Gasteiger partial charge on any atom is -0.377 e. The van der Waals surface area contributed by atoms with Crippen LogP contribution in [-0.2, 0) is 4.74 Å². The molecule has 0 aromatic heterocycles. The Labute approximate surface area is 100 Å². The zero-order valence-corrected chi connectivity index (χ0v) is 11.1. The fourth-order valence-corrected chi connectivity index (χ4v) is 2.83. The molecule has 0 aromatic rings. The molecule has 2 nitrogen and oxygen atoms in total. The van der Waals surface area contributed by atoms with Crippen LogP contribution in [0.15, 0.2) is 12.2 Å². The van der Waals surface area contributed by atoms with Crippen LogP contribution in [0.2, 0.25) is 0 Å². The molecule has 0 spiro atoms. The summed E-state index contributed by atoms with van der Waals surface area (Å²) in [5.74, 6) is 0. The van der Waals surface area contributed by atoms with Gasteiger partial charge in [0.05, 0.1) is 5.60 Å². The molecule has 0 aliphatic heterocycles. The van der Waals surface area contributed by atoms with Crippen molar-refractivity contribution >= 4 is 0 Å². The summed E-state index contributed by atoms with van der Waals surface area (Å²) in [5, 5.41) is 3.44. The molecule has 1 aliphatic rings. The highest BCUT2D eigenvalue weighted by molar-refractivity contribution is 5.04. The van der Waals surface area contributed by atoms with E-state index in [1.807, 2.05) is 14.2 Å². The summed E-state index contributed by atoms with van der Waals surface area (Å²) < 4.78 is 5.87. The van der Waals surface area contributed by atoms with E-state index in [1.54, 1.807) is 0 Å². The maximum absolute atomic E-state index is 5.87. The molecule has 0 heterocycles. The molecule has 1 unspecified atom stereocenters. The van der Waals surface area contributed by atoms with Crippen molar-refractivity contribution in [3.05, 3.63) is 12.2 Å². The molecule has 2 heteroatoms. The van der Waals surface area contributed by atoms with Crippen LogP contribution in [0.3, 0.4) is 0 Å². The zero-order valence-electron chi connectivity index (χ0n) is 11.1. The minimum atomic E-state index is 0.0467. The summed E-state index contributed by atoms with van der Waals surface area (Å²) in [7, 11) is 3.91. The Hall–Kier alpha value is -0.340. The molecule has 94 valence electrons. The molecule has 1 atom stereocenters. The number of ether oxygens (including phenoxy) is 1. The van der Waals surface area contributed by atoms with Gasteiger partial charge >= 0.3 is 0 Å².